The van der Waals surface area contributed by atoms with Gasteiger partial charge in [0.15, 0.2) is 0 Å². The number of amides is 1. The number of benzene rings is 2. The van der Waals surface area contributed by atoms with Crippen LogP contribution in [0.2, 0.25) is 0 Å². The van der Waals surface area contributed by atoms with Crippen LogP contribution in [0, 0.1) is 0 Å². The lowest BCUT2D eigenvalue weighted by atomic mass is 10.1. The van der Waals surface area contributed by atoms with Gasteiger partial charge in [-0.15, -0.1) is 0 Å². The Morgan fingerprint density at radius 2 is 1.73 bits per heavy atom. The zero-order valence-corrected chi connectivity index (χ0v) is 14.5. The second-order valence-electron chi connectivity index (χ2n) is 5.07. The highest BCUT2D eigenvalue weighted by Gasteiger charge is 2.11. The molecule has 2 aromatic carbocycles. The molecule has 0 heterocycles. The summed E-state index contributed by atoms with van der Waals surface area (Å²) in [6, 6.07) is 14.2. The summed E-state index contributed by atoms with van der Waals surface area (Å²) in [5, 5.41) is 6.19. The standard InChI is InChI=1S/C18H21BrN2O/c1-3-13-5-7-14(8-6-13)12-21-17-10-9-15(19)11-16(17)18(22)20-4-2/h5-11,21H,3-4,12H2,1-2H3,(H,20,22). The number of nitrogens with one attached hydrogen (secondary N) is 2. The summed E-state index contributed by atoms with van der Waals surface area (Å²) in [4.78, 5) is 12.1. The lowest BCUT2D eigenvalue weighted by Crippen LogP contribution is -2.23. The van der Waals surface area contributed by atoms with Gasteiger partial charge in [0.25, 0.3) is 5.91 Å². The van der Waals surface area contributed by atoms with Crippen molar-refractivity contribution in [3.8, 4) is 0 Å². The molecule has 0 atom stereocenters. The molecule has 0 saturated heterocycles. The molecule has 22 heavy (non-hydrogen) atoms. The molecular weight excluding hydrogens is 340 g/mol. The molecule has 1 amide bonds. The summed E-state index contributed by atoms with van der Waals surface area (Å²) in [7, 11) is 0. The van der Waals surface area contributed by atoms with E-state index in [0.29, 0.717) is 18.7 Å². The molecule has 2 aromatic rings. The first-order valence-corrected chi connectivity index (χ1v) is 8.32. The lowest BCUT2D eigenvalue weighted by molar-refractivity contribution is 0.0956. The van der Waals surface area contributed by atoms with Crippen LogP contribution in [0.1, 0.15) is 35.3 Å². The summed E-state index contributed by atoms with van der Waals surface area (Å²) in [6.45, 7) is 5.37. The monoisotopic (exact) mass is 360 g/mol. The second kappa shape index (κ2) is 7.99. The molecule has 0 unspecified atom stereocenters. The average Bonchev–Trinajstić information content (AvgIpc) is 2.54. The molecule has 0 aromatic heterocycles. The van der Waals surface area contributed by atoms with Gasteiger partial charge in [-0.1, -0.05) is 47.1 Å². The third kappa shape index (κ3) is 4.34. The molecule has 0 radical (unpaired) electrons. The van der Waals surface area contributed by atoms with Gasteiger partial charge in [0.05, 0.1) is 5.56 Å². The van der Waals surface area contributed by atoms with Gasteiger partial charge in [0.2, 0.25) is 0 Å². The highest BCUT2D eigenvalue weighted by molar-refractivity contribution is 9.10. The molecule has 116 valence electrons. The molecule has 0 fully saturated rings. The topological polar surface area (TPSA) is 41.1 Å². The Labute approximate surface area is 140 Å². The van der Waals surface area contributed by atoms with Crippen LogP contribution in [0.5, 0.6) is 0 Å². The fourth-order valence-electron chi connectivity index (χ4n) is 2.20. The Balaban J connectivity index is 2.12. The van der Waals surface area contributed by atoms with Gasteiger partial charge in [0, 0.05) is 23.2 Å². The first-order valence-electron chi connectivity index (χ1n) is 7.53. The Morgan fingerprint density at radius 3 is 2.36 bits per heavy atom. The number of halogens is 1. The number of hydrogen-bond donors (Lipinski definition) is 2. The predicted molar refractivity (Wildman–Crippen MR) is 95.3 cm³/mol. The van der Waals surface area contributed by atoms with Crippen LogP contribution in [-0.4, -0.2) is 12.5 Å². The molecule has 0 spiro atoms. The Bertz CT molecular complexity index is 638. The van der Waals surface area contributed by atoms with E-state index < -0.39 is 0 Å². The van der Waals surface area contributed by atoms with E-state index in [4.69, 9.17) is 0 Å². The van der Waals surface area contributed by atoms with Crippen molar-refractivity contribution in [3.05, 3.63) is 63.6 Å². The van der Waals surface area contributed by atoms with E-state index in [0.717, 1.165) is 16.6 Å². The van der Waals surface area contributed by atoms with Gasteiger partial charge in [-0.2, -0.15) is 0 Å². The summed E-state index contributed by atoms with van der Waals surface area (Å²) < 4.78 is 0.895. The van der Waals surface area contributed by atoms with Gasteiger partial charge < -0.3 is 10.6 Å². The smallest absolute Gasteiger partial charge is 0.253 e. The van der Waals surface area contributed by atoms with E-state index in [1.54, 1.807) is 0 Å². The van der Waals surface area contributed by atoms with E-state index in [1.165, 1.54) is 11.1 Å². The van der Waals surface area contributed by atoms with Crippen LogP contribution < -0.4 is 10.6 Å². The zero-order valence-electron chi connectivity index (χ0n) is 12.9. The van der Waals surface area contributed by atoms with Gasteiger partial charge in [-0.05, 0) is 42.7 Å². The van der Waals surface area contributed by atoms with Gasteiger partial charge in [0.1, 0.15) is 0 Å². The summed E-state index contributed by atoms with van der Waals surface area (Å²) >= 11 is 3.42. The minimum absolute atomic E-state index is 0.0624. The quantitative estimate of drug-likeness (QED) is 0.802. The van der Waals surface area contributed by atoms with Crippen molar-refractivity contribution in [2.75, 3.05) is 11.9 Å². The normalized spacial score (nSPS) is 10.3. The Kier molecular flexibility index (Phi) is 6.01. The number of aryl methyl sites for hydroxylation is 1. The summed E-state index contributed by atoms with van der Waals surface area (Å²) in [6.07, 6.45) is 1.04. The highest BCUT2D eigenvalue weighted by atomic mass is 79.9. The van der Waals surface area contributed by atoms with Crippen LogP contribution in [0.4, 0.5) is 5.69 Å². The first-order chi connectivity index (χ1) is 10.6. The number of rotatable bonds is 6. The molecule has 0 saturated carbocycles. The van der Waals surface area contributed by atoms with Crippen LogP contribution >= 0.6 is 15.9 Å². The molecule has 2 rings (SSSR count). The summed E-state index contributed by atoms with van der Waals surface area (Å²) in [5.41, 5.74) is 4.02. The van der Waals surface area contributed by atoms with Crippen molar-refractivity contribution in [2.45, 2.75) is 26.8 Å². The number of carbonyl (C=O) groups excluding carboxylic acids is 1. The van der Waals surface area contributed by atoms with E-state index in [-0.39, 0.29) is 5.91 Å². The molecule has 0 aliphatic rings. The van der Waals surface area contributed by atoms with Crippen molar-refractivity contribution in [1.29, 1.82) is 0 Å². The predicted octanol–water partition coefficient (Wildman–Crippen LogP) is 4.37. The third-order valence-electron chi connectivity index (χ3n) is 3.48. The van der Waals surface area contributed by atoms with E-state index in [2.05, 4.69) is 57.8 Å². The molecule has 4 heteroatoms. The minimum Gasteiger partial charge on any atom is -0.380 e. The second-order valence-corrected chi connectivity index (χ2v) is 5.99. The largest absolute Gasteiger partial charge is 0.380 e. The lowest BCUT2D eigenvalue weighted by Gasteiger charge is -2.13. The van der Waals surface area contributed by atoms with Crippen LogP contribution in [0.15, 0.2) is 46.9 Å². The SMILES string of the molecule is CCNC(=O)c1cc(Br)ccc1NCc1ccc(CC)cc1. The molecule has 0 aliphatic heterocycles. The molecule has 0 aliphatic carbocycles. The van der Waals surface area contributed by atoms with E-state index >= 15 is 0 Å². The van der Waals surface area contributed by atoms with E-state index in [1.807, 2.05) is 25.1 Å². The Hall–Kier alpha value is -1.81. The average molecular weight is 361 g/mol. The van der Waals surface area contributed by atoms with E-state index in [9.17, 15) is 4.79 Å². The fourth-order valence-corrected chi connectivity index (χ4v) is 2.57. The highest BCUT2D eigenvalue weighted by Crippen LogP contribution is 2.22. The first kappa shape index (κ1) is 16.6. The van der Waals surface area contributed by atoms with Gasteiger partial charge in [-0.3, -0.25) is 4.79 Å². The molecular formula is C18H21BrN2O. The maximum absolute atomic E-state index is 12.1. The fraction of sp³-hybridized carbons (Fsp3) is 0.278. The number of hydrogen-bond acceptors (Lipinski definition) is 2. The zero-order chi connectivity index (χ0) is 15.9. The summed E-state index contributed by atoms with van der Waals surface area (Å²) in [5.74, 6) is -0.0624. The third-order valence-corrected chi connectivity index (χ3v) is 3.97. The molecule has 0 bridgehead atoms. The maximum atomic E-state index is 12.1. The Morgan fingerprint density at radius 1 is 1.05 bits per heavy atom. The van der Waals surface area contributed by atoms with Crippen molar-refractivity contribution in [1.82, 2.24) is 5.32 Å². The van der Waals surface area contributed by atoms with Crippen molar-refractivity contribution in [3.63, 3.8) is 0 Å². The van der Waals surface area contributed by atoms with Crippen molar-refractivity contribution in [2.24, 2.45) is 0 Å². The van der Waals surface area contributed by atoms with Crippen molar-refractivity contribution >= 4 is 27.5 Å². The maximum Gasteiger partial charge on any atom is 0.253 e. The van der Waals surface area contributed by atoms with Crippen LogP contribution in [-0.2, 0) is 13.0 Å². The molecule has 2 N–H and O–H groups in total. The van der Waals surface area contributed by atoms with Crippen LogP contribution in [0.25, 0.3) is 0 Å². The van der Waals surface area contributed by atoms with Crippen LogP contribution in [0.3, 0.4) is 0 Å². The number of anilines is 1. The van der Waals surface area contributed by atoms with Gasteiger partial charge >= 0.3 is 0 Å². The minimum atomic E-state index is -0.0624. The van der Waals surface area contributed by atoms with Crippen molar-refractivity contribution < 1.29 is 4.79 Å². The van der Waals surface area contributed by atoms with Gasteiger partial charge in [-0.25, -0.2) is 0 Å². The number of carbonyl (C=O) groups is 1. The molecule has 3 nitrogen and oxygen atoms in total.